The summed E-state index contributed by atoms with van der Waals surface area (Å²) in [5, 5.41) is 23.7. The molecule has 3 saturated heterocycles. The van der Waals surface area contributed by atoms with Crippen LogP contribution >= 0.6 is 0 Å². The number of aliphatic hydroxyl groups excluding tert-OH is 1. The highest BCUT2D eigenvalue weighted by molar-refractivity contribution is 6.02. The second kappa shape index (κ2) is 11.6. The van der Waals surface area contributed by atoms with Crippen molar-refractivity contribution < 1.29 is 29.0 Å². The molecule has 2 aromatic carbocycles. The van der Waals surface area contributed by atoms with Crippen molar-refractivity contribution in [2.24, 2.45) is 11.8 Å². The molecule has 43 heavy (non-hydrogen) atoms. The summed E-state index contributed by atoms with van der Waals surface area (Å²) in [5.74, 6) is -1.78. The van der Waals surface area contributed by atoms with Gasteiger partial charge >= 0.3 is 0 Å². The topological polar surface area (TPSA) is 148 Å². The number of aliphatic hydroxyl groups is 1. The number of para-hydroxylation sites is 1. The van der Waals surface area contributed by atoms with Gasteiger partial charge in [-0.25, -0.2) is 4.68 Å². The van der Waals surface area contributed by atoms with Gasteiger partial charge in [0, 0.05) is 18.8 Å². The summed E-state index contributed by atoms with van der Waals surface area (Å²) >= 11 is 0. The Kier molecular flexibility index (Phi) is 7.82. The standard InChI is InChI=1S/C31H38N6O6/c1-3-30-15-16-31(43-30)25(24(30)27(39)33-20-11-13-21(14-12-20)42-4-2)29(41)36(17-7-8-18-38)26(31)28(40)32-19-37-23-10-6-5-9-22(23)34-35-37/h5-6,9-14,24-26,38H,3-4,7-8,15-19H2,1-2H3,(H,32,40)(H,33,39)/t24-,25-,26?,30+,31?/m0/s1. The molecule has 4 heterocycles. The number of anilines is 1. The lowest BCUT2D eigenvalue weighted by Gasteiger charge is -2.34. The lowest BCUT2D eigenvalue weighted by atomic mass is 9.65. The van der Waals surface area contributed by atoms with Gasteiger partial charge in [-0.05, 0) is 75.4 Å². The first kappa shape index (κ1) is 29.1. The number of aromatic nitrogens is 3. The van der Waals surface area contributed by atoms with Crippen molar-refractivity contribution in [2.45, 2.75) is 69.9 Å². The highest BCUT2D eigenvalue weighted by Crippen LogP contribution is 2.64. The van der Waals surface area contributed by atoms with E-state index in [-0.39, 0.29) is 37.5 Å². The number of ether oxygens (including phenoxy) is 2. The van der Waals surface area contributed by atoms with Crippen molar-refractivity contribution in [3.05, 3.63) is 48.5 Å². The molecule has 12 nitrogen and oxygen atoms in total. The lowest BCUT2D eigenvalue weighted by molar-refractivity contribution is -0.146. The van der Waals surface area contributed by atoms with Crippen molar-refractivity contribution in [3.63, 3.8) is 0 Å². The maximum absolute atomic E-state index is 14.2. The van der Waals surface area contributed by atoms with E-state index in [0.717, 1.165) is 5.52 Å². The predicted molar refractivity (Wildman–Crippen MR) is 157 cm³/mol. The molecule has 3 fully saturated rings. The fourth-order valence-corrected chi connectivity index (χ4v) is 7.36. The molecule has 5 atom stereocenters. The van der Waals surface area contributed by atoms with Crippen molar-refractivity contribution in [1.82, 2.24) is 25.2 Å². The minimum atomic E-state index is -1.14. The summed E-state index contributed by atoms with van der Waals surface area (Å²) in [6.45, 7) is 4.73. The van der Waals surface area contributed by atoms with E-state index in [4.69, 9.17) is 9.47 Å². The Morgan fingerprint density at radius 1 is 1.09 bits per heavy atom. The summed E-state index contributed by atoms with van der Waals surface area (Å²) in [5.41, 5.74) is 0.0854. The van der Waals surface area contributed by atoms with Gasteiger partial charge in [0.2, 0.25) is 17.7 Å². The van der Waals surface area contributed by atoms with Crippen LogP contribution in [0.25, 0.3) is 11.0 Å². The molecule has 3 N–H and O–H groups in total. The van der Waals surface area contributed by atoms with E-state index >= 15 is 0 Å². The van der Waals surface area contributed by atoms with Gasteiger partial charge in [-0.2, -0.15) is 0 Å². The zero-order valence-electron chi connectivity index (χ0n) is 24.5. The zero-order valence-corrected chi connectivity index (χ0v) is 24.5. The number of amides is 3. The molecule has 0 saturated carbocycles. The second-order valence-corrected chi connectivity index (χ2v) is 11.5. The van der Waals surface area contributed by atoms with Gasteiger partial charge in [-0.3, -0.25) is 14.4 Å². The summed E-state index contributed by atoms with van der Waals surface area (Å²) in [6.07, 6.45) is 2.60. The fraction of sp³-hybridized carbons (Fsp3) is 0.516. The van der Waals surface area contributed by atoms with Crippen LogP contribution in [-0.2, 0) is 25.8 Å². The minimum Gasteiger partial charge on any atom is -0.494 e. The van der Waals surface area contributed by atoms with Gasteiger partial charge in [0.25, 0.3) is 0 Å². The van der Waals surface area contributed by atoms with Crippen LogP contribution in [0.3, 0.4) is 0 Å². The summed E-state index contributed by atoms with van der Waals surface area (Å²) in [6, 6.07) is 13.7. The van der Waals surface area contributed by atoms with E-state index in [0.29, 0.717) is 55.7 Å². The maximum atomic E-state index is 14.2. The quantitative estimate of drug-likeness (QED) is 0.273. The number of hydrogen-bond donors (Lipinski definition) is 3. The summed E-state index contributed by atoms with van der Waals surface area (Å²) < 4.78 is 13.9. The predicted octanol–water partition coefficient (Wildman–Crippen LogP) is 2.47. The van der Waals surface area contributed by atoms with Gasteiger partial charge in [0.15, 0.2) is 0 Å². The third-order valence-electron chi connectivity index (χ3n) is 9.27. The van der Waals surface area contributed by atoms with Gasteiger partial charge in [0.1, 0.15) is 29.6 Å². The SMILES string of the molecule is CCOc1ccc(NC(=O)[C@@H]2[C@H]3C(=O)N(CCCCO)C(C(=O)NCn4nnc5ccccc54)C34CC[C@@]2(CC)O4)cc1. The molecule has 228 valence electrons. The number of fused-ring (bicyclic) bond motifs is 2. The average molecular weight is 591 g/mol. The van der Waals surface area contributed by atoms with Crippen LogP contribution in [0.5, 0.6) is 5.75 Å². The molecule has 0 radical (unpaired) electrons. The number of benzene rings is 2. The van der Waals surface area contributed by atoms with Gasteiger partial charge < -0.3 is 30.1 Å². The lowest BCUT2D eigenvalue weighted by Crippen LogP contribution is -2.55. The van der Waals surface area contributed by atoms with Crippen molar-refractivity contribution in [3.8, 4) is 5.75 Å². The zero-order chi connectivity index (χ0) is 30.2. The largest absolute Gasteiger partial charge is 0.494 e. The van der Waals surface area contributed by atoms with E-state index in [9.17, 15) is 19.5 Å². The smallest absolute Gasteiger partial charge is 0.247 e. The average Bonchev–Trinajstić information content (AvgIpc) is 3.74. The summed E-state index contributed by atoms with van der Waals surface area (Å²) in [7, 11) is 0. The van der Waals surface area contributed by atoms with Crippen LogP contribution in [0.15, 0.2) is 48.5 Å². The molecule has 3 aliphatic heterocycles. The molecular formula is C31H38N6O6. The molecule has 1 spiro atoms. The van der Waals surface area contributed by atoms with E-state index in [1.54, 1.807) is 33.8 Å². The molecule has 6 rings (SSSR count). The Labute approximate surface area is 249 Å². The molecule has 2 unspecified atom stereocenters. The number of likely N-dealkylation sites (tertiary alicyclic amines) is 1. The molecule has 0 aliphatic carbocycles. The third-order valence-corrected chi connectivity index (χ3v) is 9.27. The Balaban J connectivity index is 1.29. The number of hydrogen-bond acceptors (Lipinski definition) is 8. The Bertz CT molecular complexity index is 1510. The van der Waals surface area contributed by atoms with E-state index in [2.05, 4.69) is 20.9 Å². The molecule has 2 bridgehead atoms. The molecule has 1 aromatic heterocycles. The van der Waals surface area contributed by atoms with E-state index < -0.39 is 29.1 Å². The Morgan fingerprint density at radius 2 is 1.88 bits per heavy atom. The molecule has 3 aromatic rings. The van der Waals surface area contributed by atoms with E-state index in [1.807, 2.05) is 38.1 Å². The number of rotatable bonds is 12. The van der Waals surface area contributed by atoms with Crippen LogP contribution in [0.1, 0.15) is 46.0 Å². The fourth-order valence-electron chi connectivity index (χ4n) is 7.36. The van der Waals surface area contributed by atoms with Crippen LogP contribution in [0.2, 0.25) is 0 Å². The van der Waals surface area contributed by atoms with Crippen LogP contribution < -0.4 is 15.4 Å². The van der Waals surface area contributed by atoms with Gasteiger partial charge in [0.05, 0.1) is 29.6 Å². The van der Waals surface area contributed by atoms with Crippen molar-refractivity contribution in [2.75, 3.05) is 25.1 Å². The minimum absolute atomic E-state index is 0.0185. The maximum Gasteiger partial charge on any atom is 0.247 e. The molecule has 3 amide bonds. The number of nitrogens with one attached hydrogen (secondary N) is 2. The third kappa shape index (κ3) is 4.82. The Morgan fingerprint density at radius 3 is 2.63 bits per heavy atom. The number of unbranched alkanes of at least 4 members (excludes halogenated alkanes) is 1. The first-order chi connectivity index (χ1) is 20.9. The van der Waals surface area contributed by atoms with Gasteiger partial charge in [-0.15, -0.1) is 5.10 Å². The molecule has 12 heteroatoms. The Hall–Kier alpha value is -4.03. The van der Waals surface area contributed by atoms with Crippen molar-refractivity contribution in [1.29, 1.82) is 0 Å². The first-order valence-corrected chi connectivity index (χ1v) is 15.1. The van der Waals surface area contributed by atoms with Crippen molar-refractivity contribution >= 4 is 34.4 Å². The summed E-state index contributed by atoms with van der Waals surface area (Å²) in [4.78, 5) is 43.8. The normalized spacial score (nSPS) is 27.5. The number of nitrogens with zero attached hydrogens (tertiary/aromatic N) is 4. The van der Waals surface area contributed by atoms with E-state index in [1.165, 1.54) is 0 Å². The van der Waals surface area contributed by atoms with Crippen LogP contribution in [-0.4, -0.2) is 79.7 Å². The monoisotopic (exact) mass is 590 g/mol. The first-order valence-electron chi connectivity index (χ1n) is 15.1. The van der Waals surface area contributed by atoms with Crippen LogP contribution in [0, 0.1) is 11.8 Å². The highest BCUT2D eigenvalue weighted by Gasteiger charge is 2.78. The number of carbonyl (C=O) groups is 3. The van der Waals surface area contributed by atoms with Crippen LogP contribution in [0.4, 0.5) is 5.69 Å². The van der Waals surface area contributed by atoms with Gasteiger partial charge in [-0.1, -0.05) is 24.3 Å². The molecular weight excluding hydrogens is 552 g/mol. The number of carbonyl (C=O) groups excluding carboxylic acids is 3. The second-order valence-electron chi connectivity index (χ2n) is 11.5. The highest BCUT2D eigenvalue weighted by atomic mass is 16.5. The molecule has 3 aliphatic rings.